The van der Waals surface area contributed by atoms with Crippen molar-refractivity contribution in [1.82, 2.24) is 20.3 Å². The molecule has 1 aliphatic heterocycles. The summed E-state index contributed by atoms with van der Waals surface area (Å²) in [5.41, 5.74) is 0.195. The lowest BCUT2D eigenvalue weighted by molar-refractivity contribution is -0.137. The van der Waals surface area contributed by atoms with Crippen LogP contribution in [0, 0.1) is 0 Å². The number of carbonyl (C=O) groups is 1. The molecular weight excluding hydrogens is 402 g/mol. The van der Waals surface area contributed by atoms with Crippen LogP contribution in [-0.2, 0) is 11.0 Å². The summed E-state index contributed by atoms with van der Waals surface area (Å²) < 4.78 is 51.3. The summed E-state index contributed by atoms with van der Waals surface area (Å²) >= 11 is 0. The van der Waals surface area contributed by atoms with Crippen LogP contribution in [-0.4, -0.2) is 40.0 Å². The predicted molar refractivity (Wildman–Crippen MR) is 102 cm³/mol. The number of rotatable bonds is 4. The van der Waals surface area contributed by atoms with Crippen LogP contribution >= 0.6 is 0 Å². The SMILES string of the molecule is C=C(F)C(=O)NC1CN(c2nc(-c3ccc(C(F)(F)F)cc3)nc3cnccc23)C1. The Kier molecular flexibility index (Phi) is 4.84. The second kappa shape index (κ2) is 7.36. The number of hydrogen-bond acceptors (Lipinski definition) is 5. The van der Waals surface area contributed by atoms with Gasteiger partial charge in [-0.25, -0.2) is 14.4 Å². The van der Waals surface area contributed by atoms with Crippen LogP contribution in [0.2, 0.25) is 0 Å². The molecule has 0 unspecified atom stereocenters. The summed E-state index contributed by atoms with van der Waals surface area (Å²) in [5.74, 6) is -1.11. The molecule has 1 fully saturated rings. The summed E-state index contributed by atoms with van der Waals surface area (Å²) in [4.78, 5) is 26.3. The maximum absolute atomic E-state index is 12.9. The first-order chi connectivity index (χ1) is 14.2. The van der Waals surface area contributed by atoms with E-state index in [1.54, 1.807) is 18.5 Å². The number of pyridine rings is 1. The lowest BCUT2D eigenvalue weighted by Crippen LogP contribution is -2.59. The van der Waals surface area contributed by atoms with Gasteiger partial charge in [0.25, 0.3) is 5.91 Å². The summed E-state index contributed by atoms with van der Waals surface area (Å²) in [6.45, 7) is 3.74. The molecule has 4 rings (SSSR count). The summed E-state index contributed by atoms with van der Waals surface area (Å²) in [7, 11) is 0. The minimum Gasteiger partial charge on any atom is -0.352 e. The fraction of sp³-hybridized carbons (Fsp3) is 0.200. The standard InChI is InChI=1S/C20H15F4N5O/c1-11(21)19(30)26-14-9-29(10-14)18-15-6-7-25-8-16(15)27-17(28-18)12-2-4-13(5-3-12)20(22,23)24/h2-8,14H,1,9-10H2,(H,26,30). The van der Waals surface area contributed by atoms with E-state index in [-0.39, 0.29) is 11.9 Å². The number of anilines is 1. The van der Waals surface area contributed by atoms with Crippen molar-refractivity contribution in [3.8, 4) is 11.4 Å². The second-order valence-corrected chi connectivity index (χ2v) is 6.82. The molecule has 1 aliphatic rings. The number of benzene rings is 1. The third kappa shape index (κ3) is 3.80. The van der Waals surface area contributed by atoms with Crippen molar-refractivity contribution < 1.29 is 22.4 Å². The van der Waals surface area contributed by atoms with Gasteiger partial charge in [0.15, 0.2) is 11.7 Å². The number of amides is 1. The quantitative estimate of drug-likeness (QED) is 0.520. The second-order valence-electron chi connectivity index (χ2n) is 6.82. The first-order valence-corrected chi connectivity index (χ1v) is 8.92. The van der Waals surface area contributed by atoms with Crippen molar-refractivity contribution in [2.45, 2.75) is 12.2 Å². The van der Waals surface area contributed by atoms with Crippen molar-refractivity contribution in [3.63, 3.8) is 0 Å². The molecule has 0 saturated carbocycles. The molecule has 2 aromatic heterocycles. The Bertz CT molecular complexity index is 1120. The van der Waals surface area contributed by atoms with Crippen LogP contribution in [0.25, 0.3) is 22.3 Å². The normalized spacial score (nSPS) is 14.5. The molecule has 1 aromatic carbocycles. The molecule has 6 nitrogen and oxygen atoms in total. The number of alkyl halides is 3. The van der Waals surface area contributed by atoms with E-state index in [9.17, 15) is 22.4 Å². The van der Waals surface area contributed by atoms with Gasteiger partial charge in [-0.1, -0.05) is 18.7 Å². The van der Waals surface area contributed by atoms with Gasteiger partial charge in [-0.15, -0.1) is 0 Å². The summed E-state index contributed by atoms with van der Waals surface area (Å²) in [5, 5.41) is 3.22. The average molecular weight is 417 g/mol. The molecule has 3 heterocycles. The van der Waals surface area contributed by atoms with E-state index in [0.717, 1.165) is 12.1 Å². The Morgan fingerprint density at radius 2 is 1.83 bits per heavy atom. The summed E-state index contributed by atoms with van der Waals surface area (Å²) in [6.07, 6.45) is -1.31. The molecule has 3 aromatic rings. The van der Waals surface area contributed by atoms with Gasteiger partial charge in [-0.3, -0.25) is 9.78 Å². The third-order valence-electron chi connectivity index (χ3n) is 4.71. The van der Waals surface area contributed by atoms with E-state index in [1.807, 2.05) is 4.90 Å². The first-order valence-electron chi connectivity index (χ1n) is 8.92. The molecule has 154 valence electrons. The van der Waals surface area contributed by atoms with E-state index in [0.29, 0.717) is 35.4 Å². The van der Waals surface area contributed by atoms with Crippen LogP contribution in [0.4, 0.5) is 23.4 Å². The van der Waals surface area contributed by atoms with Gasteiger partial charge in [0, 0.05) is 30.2 Å². The van der Waals surface area contributed by atoms with E-state index < -0.39 is 23.5 Å². The summed E-state index contributed by atoms with van der Waals surface area (Å²) in [6, 6.07) is 6.05. The fourth-order valence-electron chi connectivity index (χ4n) is 3.15. The maximum atomic E-state index is 12.9. The Balaban J connectivity index is 1.64. The number of hydrogen-bond donors (Lipinski definition) is 1. The monoisotopic (exact) mass is 417 g/mol. The van der Waals surface area contributed by atoms with Gasteiger partial charge in [0.1, 0.15) is 5.82 Å². The molecule has 1 saturated heterocycles. The van der Waals surface area contributed by atoms with Crippen LogP contribution in [0.3, 0.4) is 0 Å². The van der Waals surface area contributed by atoms with E-state index in [1.165, 1.54) is 12.1 Å². The van der Waals surface area contributed by atoms with Crippen LogP contribution < -0.4 is 10.2 Å². The van der Waals surface area contributed by atoms with Crippen molar-refractivity contribution >= 4 is 22.6 Å². The lowest BCUT2D eigenvalue weighted by Gasteiger charge is -2.40. The molecule has 10 heteroatoms. The average Bonchev–Trinajstić information content (AvgIpc) is 2.69. The first kappa shape index (κ1) is 19.7. The Labute approximate surface area is 168 Å². The molecule has 0 radical (unpaired) electrons. The number of fused-ring (bicyclic) bond motifs is 1. The third-order valence-corrected chi connectivity index (χ3v) is 4.71. The minimum atomic E-state index is -4.43. The Morgan fingerprint density at radius 1 is 1.13 bits per heavy atom. The largest absolute Gasteiger partial charge is 0.416 e. The molecular formula is C20H15F4N5O. The zero-order chi connectivity index (χ0) is 21.5. The Morgan fingerprint density at radius 3 is 2.47 bits per heavy atom. The van der Waals surface area contributed by atoms with Gasteiger partial charge in [-0.2, -0.15) is 13.2 Å². The van der Waals surface area contributed by atoms with Crippen molar-refractivity contribution in [2.24, 2.45) is 0 Å². The van der Waals surface area contributed by atoms with Gasteiger partial charge >= 0.3 is 6.18 Å². The molecule has 30 heavy (non-hydrogen) atoms. The smallest absolute Gasteiger partial charge is 0.352 e. The van der Waals surface area contributed by atoms with E-state index >= 15 is 0 Å². The van der Waals surface area contributed by atoms with E-state index in [4.69, 9.17) is 0 Å². The molecule has 0 atom stereocenters. The number of nitrogens with zero attached hydrogens (tertiary/aromatic N) is 4. The highest BCUT2D eigenvalue weighted by molar-refractivity contribution is 5.92. The molecule has 1 amide bonds. The Hall–Kier alpha value is -3.56. The lowest BCUT2D eigenvalue weighted by atomic mass is 10.1. The molecule has 1 N–H and O–H groups in total. The highest BCUT2D eigenvalue weighted by atomic mass is 19.4. The van der Waals surface area contributed by atoms with Gasteiger partial charge in [0.2, 0.25) is 0 Å². The van der Waals surface area contributed by atoms with Gasteiger partial charge in [0.05, 0.1) is 23.3 Å². The highest BCUT2D eigenvalue weighted by Crippen LogP contribution is 2.32. The maximum Gasteiger partial charge on any atom is 0.416 e. The topological polar surface area (TPSA) is 71.0 Å². The molecule has 0 aliphatic carbocycles. The predicted octanol–water partition coefficient (Wildman–Crippen LogP) is 3.50. The van der Waals surface area contributed by atoms with Crippen molar-refractivity contribution in [3.05, 3.63) is 60.7 Å². The zero-order valence-corrected chi connectivity index (χ0v) is 15.4. The molecule has 0 bridgehead atoms. The van der Waals surface area contributed by atoms with Crippen LogP contribution in [0.15, 0.2) is 55.1 Å². The highest BCUT2D eigenvalue weighted by Gasteiger charge is 2.32. The number of aromatic nitrogens is 3. The fourth-order valence-corrected chi connectivity index (χ4v) is 3.15. The van der Waals surface area contributed by atoms with Crippen LogP contribution in [0.1, 0.15) is 5.56 Å². The van der Waals surface area contributed by atoms with Gasteiger partial charge < -0.3 is 10.2 Å². The zero-order valence-electron chi connectivity index (χ0n) is 15.4. The number of nitrogens with one attached hydrogen (secondary N) is 1. The number of halogens is 4. The minimum absolute atomic E-state index is 0.254. The van der Waals surface area contributed by atoms with Crippen molar-refractivity contribution in [1.29, 1.82) is 0 Å². The molecule has 0 spiro atoms. The van der Waals surface area contributed by atoms with E-state index in [2.05, 4.69) is 26.8 Å². The van der Waals surface area contributed by atoms with Crippen LogP contribution in [0.5, 0.6) is 0 Å². The van der Waals surface area contributed by atoms with Crippen molar-refractivity contribution in [2.75, 3.05) is 18.0 Å². The van der Waals surface area contributed by atoms with Gasteiger partial charge in [-0.05, 0) is 18.2 Å². The number of carbonyl (C=O) groups excluding carboxylic acids is 1.